The van der Waals surface area contributed by atoms with Gasteiger partial charge in [0.05, 0.1) is 27.8 Å². The molecule has 5 heteroatoms. The van der Waals surface area contributed by atoms with E-state index in [9.17, 15) is 0 Å². The Labute approximate surface area is 305 Å². The predicted octanol–water partition coefficient (Wildman–Crippen LogP) is 10.8. The minimum atomic E-state index is -0.288. The lowest BCUT2D eigenvalue weighted by Crippen LogP contribution is -2.53. The average molecular weight is 677 g/mol. The fourth-order valence-corrected chi connectivity index (χ4v) is 8.88. The van der Waals surface area contributed by atoms with Gasteiger partial charge in [-0.05, 0) is 71.3 Å². The lowest BCUT2D eigenvalue weighted by atomic mass is 9.51. The quantitative estimate of drug-likeness (QED) is 0.174. The molecule has 246 valence electrons. The van der Waals surface area contributed by atoms with Gasteiger partial charge in [0, 0.05) is 49.8 Å². The summed E-state index contributed by atoms with van der Waals surface area (Å²) < 4.78 is 18.5. The van der Waals surface area contributed by atoms with Crippen molar-refractivity contribution in [3.63, 3.8) is 0 Å². The number of aromatic nitrogens is 2. The number of para-hydroxylation sites is 5. The summed E-state index contributed by atoms with van der Waals surface area (Å²) in [5.41, 5.74) is 13.5. The molecule has 0 atom stereocenters. The fraction of sp³-hybridized carbons (Fsp3) is 0. The second-order valence-corrected chi connectivity index (χ2v) is 14.0. The largest absolute Gasteiger partial charge is 0.551 e. The van der Waals surface area contributed by atoms with Crippen molar-refractivity contribution in [1.29, 1.82) is 0 Å². The molecule has 8 aromatic carbocycles. The highest BCUT2D eigenvalue weighted by molar-refractivity contribution is 6.84. The molecule has 4 heterocycles. The topological polar surface area (TPSA) is 28.3 Å². The molecule has 12 rings (SSSR count). The standard InChI is InChI=1S/C48H29BN2O2/c1-6-19-41-34(14-1)35-15-2-7-20-42(35)50(41)32-13-11-12-30(26-32)31-24-25-38-39-28-33(51-43-21-8-3-16-36(43)37-17-4-9-22-44(37)51)29-47-48(39)49(53-46(38)27-31)40-18-5-10-23-45(40)52-47/h1-29H. The molecule has 0 saturated carbocycles. The van der Waals surface area contributed by atoms with Crippen molar-refractivity contribution < 1.29 is 9.39 Å². The molecule has 2 aliphatic heterocycles. The molecule has 0 N–H and O–H groups in total. The number of rotatable bonds is 3. The Bertz CT molecular complexity index is 3050. The number of hydrogen-bond donors (Lipinski definition) is 0. The van der Waals surface area contributed by atoms with Crippen LogP contribution in [0.1, 0.15) is 0 Å². The van der Waals surface area contributed by atoms with E-state index in [2.05, 4.69) is 173 Å². The maximum atomic E-state index is 7.03. The van der Waals surface area contributed by atoms with Crippen LogP contribution in [0.25, 0.3) is 77.2 Å². The highest BCUT2D eigenvalue weighted by Gasteiger charge is 2.41. The van der Waals surface area contributed by atoms with Crippen LogP contribution in [0.2, 0.25) is 0 Å². The van der Waals surface area contributed by atoms with Crippen LogP contribution in [0, 0.1) is 0 Å². The van der Waals surface area contributed by atoms with E-state index in [1.807, 2.05) is 12.1 Å². The van der Waals surface area contributed by atoms with Gasteiger partial charge >= 0.3 is 6.92 Å². The zero-order valence-corrected chi connectivity index (χ0v) is 28.5. The van der Waals surface area contributed by atoms with Gasteiger partial charge in [0.15, 0.2) is 0 Å². The van der Waals surface area contributed by atoms with E-state index in [0.717, 1.165) is 61.8 Å². The number of nitrogens with zero attached hydrogens (tertiary/aromatic N) is 2. The van der Waals surface area contributed by atoms with Gasteiger partial charge in [-0.2, -0.15) is 0 Å². The van der Waals surface area contributed by atoms with Crippen LogP contribution >= 0.6 is 0 Å². The summed E-state index contributed by atoms with van der Waals surface area (Å²) in [5.74, 6) is 2.52. The number of hydrogen-bond acceptors (Lipinski definition) is 2. The lowest BCUT2D eigenvalue weighted by molar-refractivity contribution is 0.479. The van der Waals surface area contributed by atoms with Crippen molar-refractivity contribution >= 4 is 61.5 Å². The Hall–Kier alpha value is -6.98. The van der Waals surface area contributed by atoms with Gasteiger partial charge in [-0.25, -0.2) is 0 Å². The first-order valence-corrected chi connectivity index (χ1v) is 18.1. The van der Waals surface area contributed by atoms with Gasteiger partial charge in [-0.3, -0.25) is 0 Å². The van der Waals surface area contributed by atoms with E-state index < -0.39 is 0 Å². The average Bonchev–Trinajstić information content (AvgIpc) is 3.74. The Morgan fingerprint density at radius 1 is 0.377 bits per heavy atom. The molecule has 0 amide bonds. The van der Waals surface area contributed by atoms with Crippen LogP contribution in [0.3, 0.4) is 0 Å². The number of fused-ring (bicyclic) bond motifs is 10. The second kappa shape index (κ2) is 10.8. The van der Waals surface area contributed by atoms with Gasteiger partial charge in [0.2, 0.25) is 0 Å². The summed E-state index contributed by atoms with van der Waals surface area (Å²) in [4.78, 5) is 0. The van der Waals surface area contributed by atoms with Crippen LogP contribution in [-0.2, 0) is 0 Å². The van der Waals surface area contributed by atoms with Crippen LogP contribution in [-0.4, -0.2) is 16.0 Å². The zero-order chi connectivity index (χ0) is 34.6. The zero-order valence-electron chi connectivity index (χ0n) is 28.5. The summed E-state index contributed by atoms with van der Waals surface area (Å²) in [6.45, 7) is -0.288. The summed E-state index contributed by atoms with van der Waals surface area (Å²) in [7, 11) is 0. The first kappa shape index (κ1) is 28.7. The minimum absolute atomic E-state index is 0.288. The highest BCUT2D eigenvalue weighted by atomic mass is 16.5. The monoisotopic (exact) mass is 676 g/mol. The first-order chi connectivity index (χ1) is 26.3. The van der Waals surface area contributed by atoms with Crippen LogP contribution < -0.4 is 20.3 Å². The van der Waals surface area contributed by atoms with Gasteiger partial charge in [-0.1, -0.05) is 115 Å². The third kappa shape index (κ3) is 4.07. The molecular formula is C48H29BN2O2. The molecule has 2 aromatic heterocycles. The summed E-state index contributed by atoms with van der Waals surface area (Å²) >= 11 is 0. The maximum Gasteiger partial charge on any atom is 0.434 e. The summed E-state index contributed by atoms with van der Waals surface area (Å²) in [6.07, 6.45) is 0. The Morgan fingerprint density at radius 3 is 1.60 bits per heavy atom. The first-order valence-electron chi connectivity index (χ1n) is 18.1. The molecule has 2 aliphatic rings. The van der Waals surface area contributed by atoms with Gasteiger partial charge in [0.1, 0.15) is 17.2 Å². The third-order valence-electron chi connectivity index (χ3n) is 11.2. The van der Waals surface area contributed by atoms with Crippen molar-refractivity contribution in [3.8, 4) is 50.9 Å². The Kier molecular flexibility index (Phi) is 5.83. The third-order valence-corrected chi connectivity index (χ3v) is 11.2. The molecule has 10 aromatic rings. The lowest BCUT2D eigenvalue weighted by Gasteiger charge is -2.33. The van der Waals surface area contributed by atoms with Crippen molar-refractivity contribution in [1.82, 2.24) is 9.13 Å². The minimum Gasteiger partial charge on any atom is -0.551 e. The predicted molar refractivity (Wildman–Crippen MR) is 218 cm³/mol. The Balaban J connectivity index is 1.05. The molecule has 4 nitrogen and oxygen atoms in total. The summed E-state index contributed by atoms with van der Waals surface area (Å²) in [5, 5.41) is 4.97. The Morgan fingerprint density at radius 2 is 0.943 bits per heavy atom. The van der Waals surface area contributed by atoms with E-state index in [1.165, 1.54) is 43.6 Å². The van der Waals surface area contributed by atoms with Crippen molar-refractivity contribution in [2.24, 2.45) is 0 Å². The molecule has 0 fully saturated rings. The SMILES string of the molecule is c1cc(-c2ccc3c(c2)OB2c4ccccc4Oc4cc(-n5c6ccccc6c6ccccc65)cc-3c42)cc(-n2c3ccccc3c3ccccc32)c1. The highest BCUT2D eigenvalue weighted by Crippen LogP contribution is 2.44. The number of benzene rings is 8. The molecule has 0 unspecified atom stereocenters. The molecule has 53 heavy (non-hydrogen) atoms. The van der Waals surface area contributed by atoms with Gasteiger partial charge in [-0.15, -0.1) is 0 Å². The van der Waals surface area contributed by atoms with Crippen LogP contribution in [0.15, 0.2) is 176 Å². The van der Waals surface area contributed by atoms with Crippen molar-refractivity contribution in [3.05, 3.63) is 176 Å². The molecule has 0 bridgehead atoms. The van der Waals surface area contributed by atoms with Crippen LogP contribution in [0.4, 0.5) is 0 Å². The van der Waals surface area contributed by atoms with E-state index in [1.54, 1.807) is 0 Å². The molecule has 0 radical (unpaired) electrons. The van der Waals surface area contributed by atoms with Gasteiger partial charge < -0.3 is 18.5 Å². The van der Waals surface area contributed by atoms with E-state index in [-0.39, 0.29) is 6.92 Å². The summed E-state index contributed by atoms with van der Waals surface area (Å²) in [6, 6.07) is 62.9. The molecular weight excluding hydrogens is 647 g/mol. The normalized spacial score (nSPS) is 12.8. The fourth-order valence-electron chi connectivity index (χ4n) is 8.88. The van der Waals surface area contributed by atoms with Crippen LogP contribution in [0.5, 0.6) is 17.2 Å². The van der Waals surface area contributed by atoms with Crippen molar-refractivity contribution in [2.75, 3.05) is 0 Å². The second-order valence-electron chi connectivity index (χ2n) is 14.0. The molecule has 0 spiro atoms. The van der Waals surface area contributed by atoms with E-state index in [0.29, 0.717) is 0 Å². The smallest absolute Gasteiger partial charge is 0.434 e. The van der Waals surface area contributed by atoms with Crippen molar-refractivity contribution in [2.45, 2.75) is 0 Å². The number of ether oxygens (including phenoxy) is 1. The van der Waals surface area contributed by atoms with E-state index >= 15 is 0 Å². The van der Waals surface area contributed by atoms with Gasteiger partial charge in [0.25, 0.3) is 0 Å². The molecule has 0 aliphatic carbocycles. The molecule has 0 saturated heterocycles. The van der Waals surface area contributed by atoms with E-state index in [4.69, 9.17) is 9.39 Å². The maximum absolute atomic E-state index is 7.03.